The largest absolute Gasteiger partial charge is 0.272 e. The topological polar surface area (TPSA) is 41.5 Å². The van der Waals surface area contributed by atoms with Crippen molar-refractivity contribution in [3.8, 4) is 0 Å². The highest BCUT2D eigenvalue weighted by atomic mass is 32.2. The van der Waals surface area contributed by atoms with Gasteiger partial charge in [0.1, 0.15) is 5.82 Å². The Morgan fingerprint density at radius 2 is 1.86 bits per heavy atom. The maximum absolute atomic E-state index is 12.7. The zero-order chi connectivity index (χ0) is 15.1. The number of carbonyl (C=O) groups excluding carboxylic acids is 1. The molecule has 108 valence electrons. The molecule has 0 aromatic heterocycles. The number of carbonyl (C=O) groups is 1. The molecule has 0 heterocycles. The van der Waals surface area contributed by atoms with Gasteiger partial charge in [-0.05, 0) is 36.8 Å². The minimum absolute atomic E-state index is 0.179. The molecule has 1 atom stereocenters. The number of nitrogens with one attached hydrogen (secondary N) is 1. The highest BCUT2D eigenvalue weighted by Crippen LogP contribution is 2.22. The Morgan fingerprint density at radius 3 is 2.52 bits per heavy atom. The second-order valence-electron chi connectivity index (χ2n) is 4.36. The number of nitrogens with zero attached hydrogens (tertiary/aromatic N) is 1. The van der Waals surface area contributed by atoms with Gasteiger partial charge in [-0.15, -0.1) is 11.8 Å². The van der Waals surface area contributed by atoms with Gasteiger partial charge in [-0.25, -0.2) is 9.82 Å². The fourth-order valence-corrected chi connectivity index (χ4v) is 2.45. The number of hydrogen-bond donors (Lipinski definition) is 1. The zero-order valence-corrected chi connectivity index (χ0v) is 12.3. The van der Waals surface area contributed by atoms with E-state index in [1.807, 2.05) is 37.3 Å². The third-order valence-electron chi connectivity index (χ3n) is 2.68. The van der Waals surface area contributed by atoms with Crippen molar-refractivity contribution in [3.05, 3.63) is 66.0 Å². The van der Waals surface area contributed by atoms with Gasteiger partial charge in [-0.1, -0.05) is 30.3 Å². The van der Waals surface area contributed by atoms with Gasteiger partial charge in [0, 0.05) is 4.90 Å². The summed E-state index contributed by atoms with van der Waals surface area (Å²) in [5, 5.41) is 3.62. The first-order chi connectivity index (χ1) is 10.1. The quantitative estimate of drug-likeness (QED) is 0.522. The lowest BCUT2D eigenvalue weighted by Crippen LogP contribution is -2.26. The molecule has 1 unspecified atom stereocenters. The molecule has 2 aromatic rings. The number of thioether (sulfide) groups is 1. The summed E-state index contributed by atoms with van der Waals surface area (Å²) < 4.78 is 12.7. The summed E-state index contributed by atoms with van der Waals surface area (Å²) >= 11 is 1.46. The minimum Gasteiger partial charge on any atom is -0.272 e. The van der Waals surface area contributed by atoms with Crippen molar-refractivity contribution in [2.45, 2.75) is 17.1 Å². The van der Waals surface area contributed by atoms with Gasteiger partial charge in [0.05, 0.1) is 11.5 Å². The van der Waals surface area contributed by atoms with Crippen molar-refractivity contribution in [3.63, 3.8) is 0 Å². The van der Waals surface area contributed by atoms with Crippen LogP contribution < -0.4 is 5.43 Å². The number of hydrogen-bond acceptors (Lipinski definition) is 3. The van der Waals surface area contributed by atoms with Gasteiger partial charge in [-0.2, -0.15) is 5.10 Å². The van der Waals surface area contributed by atoms with Crippen molar-refractivity contribution >= 4 is 23.9 Å². The summed E-state index contributed by atoms with van der Waals surface area (Å²) in [5.41, 5.74) is 3.20. The first-order valence-electron chi connectivity index (χ1n) is 6.45. The molecule has 0 fully saturated rings. The molecule has 0 radical (unpaired) electrons. The molecule has 21 heavy (non-hydrogen) atoms. The number of hydrazone groups is 1. The first-order valence-corrected chi connectivity index (χ1v) is 7.33. The third kappa shape index (κ3) is 5.04. The first kappa shape index (κ1) is 15.3. The molecule has 2 rings (SSSR count). The van der Waals surface area contributed by atoms with E-state index in [4.69, 9.17) is 0 Å². The molecule has 1 N–H and O–H groups in total. The molecule has 0 saturated heterocycles. The molecule has 0 aliphatic carbocycles. The van der Waals surface area contributed by atoms with Gasteiger partial charge < -0.3 is 0 Å². The Bertz CT molecular complexity index is 614. The SMILES string of the molecule is CC(Sc1ccccc1)C(=O)NN=Cc1ccc(F)cc1. The van der Waals surface area contributed by atoms with Gasteiger partial charge >= 0.3 is 0 Å². The predicted molar refractivity (Wildman–Crippen MR) is 83.9 cm³/mol. The Balaban J connectivity index is 1.85. The smallest absolute Gasteiger partial charge is 0.253 e. The van der Waals surface area contributed by atoms with E-state index in [2.05, 4.69) is 10.5 Å². The van der Waals surface area contributed by atoms with E-state index >= 15 is 0 Å². The molecular formula is C16H15FN2OS. The number of halogens is 1. The monoisotopic (exact) mass is 302 g/mol. The average Bonchev–Trinajstić information content (AvgIpc) is 2.50. The van der Waals surface area contributed by atoms with Crippen LogP contribution in [-0.2, 0) is 4.79 Å². The second kappa shape index (κ2) is 7.59. The van der Waals surface area contributed by atoms with E-state index in [0.717, 1.165) is 10.5 Å². The normalized spacial score (nSPS) is 12.3. The molecule has 0 aliphatic rings. The molecule has 1 amide bonds. The van der Waals surface area contributed by atoms with E-state index in [-0.39, 0.29) is 17.0 Å². The molecule has 0 saturated carbocycles. The van der Waals surface area contributed by atoms with Crippen LogP contribution in [0.5, 0.6) is 0 Å². The van der Waals surface area contributed by atoms with E-state index in [1.165, 1.54) is 30.1 Å². The van der Waals surface area contributed by atoms with E-state index < -0.39 is 0 Å². The van der Waals surface area contributed by atoms with Crippen LogP contribution in [0.2, 0.25) is 0 Å². The Morgan fingerprint density at radius 1 is 1.19 bits per heavy atom. The Hall–Kier alpha value is -2.14. The summed E-state index contributed by atoms with van der Waals surface area (Å²) in [5.74, 6) is -0.480. The van der Waals surface area contributed by atoms with Crippen molar-refractivity contribution in [2.24, 2.45) is 5.10 Å². The van der Waals surface area contributed by atoms with Crippen molar-refractivity contribution in [1.82, 2.24) is 5.43 Å². The molecule has 5 heteroatoms. The van der Waals surface area contributed by atoms with E-state index in [1.54, 1.807) is 12.1 Å². The van der Waals surface area contributed by atoms with Crippen molar-refractivity contribution < 1.29 is 9.18 Å². The highest BCUT2D eigenvalue weighted by molar-refractivity contribution is 8.00. The lowest BCUT2D eigenvalue weighted by molar-refractivity contribution is -0.120. The summed E-state index contributed by atoms with van der Waals surface area (Å²) in [6, 6.07) is 15.6. The Labute approximate surface area is 127 Å². The maximum Gasteiger partial charge on any atom is 0.253 e. The summed E-state index contributed by atoms with van der Waals surface area (Å²) in [6.45, 7) is 1.82. The standard InChI is InChI=1S/C16H15FN2OS/c1-12(21-15-5-3-2-4-6-15)16(20)19-18-11-13-7-9-14(17)10-8-13/h2-12H,1H3,(H,19,20). The molecule has 0 aliphatic heterocycles. The lowest BCUT2D eigenvalue weighted by atomic mass is 10.2. The summed E-state index contributed by atoms with van der Waals surface area (Å²) in [4.78, 5) is 12.9. The highest BCUT2D eigenvalue weighted by Gasteiger charge is 2.13. The maximum atomic E-state index is 12.7. The average molecular weight is 302 g/mol. The number of rotatable bonds is 5. The fourth-order valence-electron chi connectivity index (χ4n) is 1.57. The van der Waals surface area contributed by atoms with Gasteiger partial charge in [0.15, 0.2) is 0 Å². The summed E-state index contributed by atoms with van der Waals surface area (Å²) in [6.07, 6.45) is 1.48. The van der Waals surface area contributed by atoms with E-state index in [0.29, 0.717) is 0 Å². The van der Waals surface area contributed by atoms with Crippen LogP contribution in [-0.4, -0.2) is 17.4 Å². The van der Waals surface area contributed by atoms with Crippen LogP contribution in [0.3, 0.4) is 0 Å². The van der Waals surface area contributed by atoms with Crippen LogP contribution >= 0.6 is 11.8 Å². The molecule has 0 spiro atoms. The van der Waals surface area contributed by atoms with Gasteiger partial charge in [0.25, 0.3) is 5.91 Å². The van der Waals surface area contributed by atoms with E-state index in [9.17, 15) is 9.18 Å². The van der Waals surface area contributed by atoms with Crippen LogP contribution in [0.15, 0.2) is 64.6 Å². The van der Waals surface area contributed by atoms with Crippen LogP contribution in [0.1, 0.15) is 12.5 Å². The van der Waals surface area contributed by atoms with Crippen LogP contribution in [0.4, 0.5) is 4.39 Å². The van der Waals surface area contributed by atoms with Crippen LogP contribution in [0, 0.1) is 5.82 Å². The lowest BCUT2D eigenvalue weighted by Gasteiger charge is -2.08. The van der Waals surface area contributed by atoms with Crippen molar-refractivity contribution in [1.29, 1.82) is 0 Å². The third-order valence-corrected chi connectivity index (χ3v) is 3.80. The summed E-state index contributed by atoms with van der Waals surface area (Å²) in [7, 11) is 0. The molecular weight excluding hydrogens is 287 g/mol. The van der Waals surface area contributed by atoms with Crippen LogP contribution in [0.25, 0.3) is 0 Å². The predicted octanol–water partition coefficient (Wildman–Crippen LogP) is 3.46. The zero-order valence-electron chi connectivity index (χ0n) is 11.5. The number of amides is 1. The second-order valence-corrected chi connectivity index (χ2v) is 5.77. The molecule has 0 bridgehead atoms. The molecule has 3 nitrogen and oxygen atoms in total. The fraction of sp³-hybridized carbons (Fsp3) is 0.125. The Kier molecular flexibility index (Phi) is 5.51. The molecule has 2 aromatic carbocycles. The van der Waals surface area contributed by atoms with Crippen molar-refractivity contribution in [2.75, 3.05) is 0 Å². The van der Waals surface area contributed by atoms with Gasteiger partial charge in [0.2, 0.25) is 0 Å². The number of benzene rings is 2. The van der Waals surface area contributed by atoms with Gasteiger partial charge in [-0.3, -0.25) is 4.79 Å². The minimum atomic E-state index is -0.302.